The van der Waals surface area contributed by atoms with Gasteiger partial charge in [0.15, 0.2) is 5.69 Å². The second-order valence-corrected chi connectivity index (χ2v) is 5.51. The standard InChI is InChI=1S/C18H15N3O2/c1-11-7-15-16(10-14(11)19-2)21(3)17(20-15)9-12-5-4-6-13(8-12)18(22)23/h4-8,10H,9H2,1,3H3,(H,22,23). The van der Waals surface area contributed by atoms with Crippen molar-refractivity contribution in [3.05, 3.63) is 70.3 Å². The summed E-state index contributed by atoms with van der Waals surface area (Å²) < 4.78 is 1.96. The highest BCUT2D eigenvalue weighted by Gasteiger charge is 2.12. The van der Waals surface area contributed by atoms with Crippen molar-refractivity contribution in [1.82, 2.24) is 9.55 Å². The summed E-state index contributed by atoms with van der Waals surface area (Å²) in [4.78, 5) is 19.2. The normalized spacial score (nSPS) is 10.7. The number of benzene rings is 2. The van der Waals surface area contributed by atoms with E-state index in [0.29, 0.717) is 12.1 Å². The van der Waals surface area contributed by atoms with Gasteiger partial charge in [-0.1, -0.05) is 12.1 Å². The maximum absolute atomic E-state index is 11.1. The maximum Gasteiger partial charge on any atom is 0.335 e. The van der Waals surface area contributed by atoms with Crippen molar-refractivity contribution < 1.29 is 9.90 Å². The zero-order valence-electron chi connectivity index (χ0n) is 12.9. The van der Waals surface area contributed by atoms with Gasteiger partial charge in [-0.25, -0.2) is 14.6 Å². The van der Waals surface area contributed by atoms with E-state index in [0.717, 1.165) is 28.0 Å². The fourth-order valence-electron chi connectivity index (χ4n) is 2.66. The molecule has 3 rings (SSSR count). The highest BCUT2D eigenvalue weighted by Crippen LogP contribution is 2.26. The topological polar surface area (TPSA) is 59.5 Å². The molecule has 3 aromatic rings. The van der Waals surface area contributed by atoms with E-state index in [1.807, 2.05) is 36.7 Å². The molecule has 5 nitrogen and oxygen atoms in total. The van der Waals surface area contributed by atoms with E-state index in [-0.39, 0.29) is 5.56 Å². The Morgan fingerprint density at radius 1 is 1.35 bits per heavy atom. The van der Waals surface area contributed by atoms with Gasteiger partial charge in [-0.2, -0.15) is 0 Å². The van der Waals surface area contributed by atoms with Crippen LogP contribution in [0.3, 0.4) is 0 Å². The van der Waals surface area contributed by atoms with E-state index in [1.54, 1.807) is 18.2 Å². The molecular weight excluding hydrogens is 290 g/mol. The number of hydrogen-bond acceptors (Lipinski definition) is 2. The molecule has 0 amide bonds. The Balaban J connectivity index is 2.04. The van der Waals surface area contributed by atoms with Crippen LogP contribution in [0.2, 0.25) is 0 Å². The van der Waals surface area contributed by atoms with Crippen molar-refractivity contribution in [3.8, 4) is 0 Å². The van der Waals surface area contributed by atoms with Gasteiger partial charge in [-0.15, -0.1) is 0 Å². The quantitative estimate of drug-likeness (QED) is 0.750. The molecule has 5 heteroatoms. The van der Waals surface area contributed by atoms with Crippen molar-refractivity contribution >= 4 is 22.7 Å². The zero-order chi connectivity index (χ0) is 16.6. The van der Waals surface area contributed by atoms with E-state index in [9.17, 15) is 4.79 Å². The summed E-state index contributed by atoms with van der Waals surface area (Å²) in [5.74, 6) is -0.0988. The molecule has 0 spiro atoms. The molecule has 0 fully saturated rings. The molecule has 1 heterocycles. The van der Waals surface area contributed by atoms with Crippen LogP contribution in [0.5, 0.6) is 0 Å². The van der Waals surface area contributed by atoms with Gasteiger partial charge in [0.05, 0.1) is 23.2 Å². The summed E-state index contributed by atoms with van der Waals surface area (Å²) >= 11 is 0. The number of aromatic nitrogens is 2. The fraction of sp³-hybridized carbons (Fsp3) is 0.167. The molecule has 0 saturated carbocycles. The molecule has 0 atom stereocenters. The summed E-state index contributed by atoms with van der Waals surface area (Å²) in [6, 6.07) is 10.6. The number of carboxylic acids is 1. The Morgan fingerprint density at radius 2 is 2.13 bits per heavy atom. The average molecular weight is 305 g/mol. The van der Waals surface area contributed by atoms with Gasteiger partial charge in [-0.05, 0) is 42.3 Å². The van der Waals surface area contributed by atoms with Gasteiger partial charge in [0.1, 0.15) is 5.82 Å². The Morgan fingerprint density at radius 3 is 2.83 bits per heavy atom. The van der Waals surface area contributed by atoms with Crippen molar-refractivity contribution in [1.29, 1.82) is 0 Å². The van der Waals surface area contributed by atoms with Crippen LogP contribution < -0.4 is 0 Å². The SMILES string of the molecule is [C-]#[N+]c1cc2c(cc1C)nc(Cc1cccc(C(=O)O)c1)n2C. The first-order chi connectivity index (χ1) is 11.0. The molecule has 23 heavy (non-hydrogen) atoms. The summed E-state index contributed by atoms with van der Waals surface area (Å²) in [6.07, 6.45) is 0.540. The molecule has 1 aromatic heterocycles. The minimum Gasteiger partial charge on any atom is -0.478 e. The lowest BCUT2D eigenvalue weighted by Gasteiger charge is -2.04. The monoisotopic (exact) mass is 305 g/mol. The molecule has 114 valence electrons. The van der Waals surface area contributed by atoms with Gasteiger partial charge in [0.25, 0.3) is 0 Å². The lowest BCUT2D eigenvalue weighted by atomic mass is 10.1. The predicted molar refractivity (Wildman–Crippen MR) is 87.9 cm³/mol. The largest absolute Gasteiger partial charge is 0.478 e. The van der Waals surface area contributed by atoms with Crippen LogP contribution in [0.4, 0.5) is 5.69 Å². The summed E-state index contributed by atoms with van der Waals surface area (Å²) in [5.41, 5.74) is 4.45. The molecule has 2 aromatic carbocycles. The Labute approximate surface area is 133 Å². The van der Waals surface area contributed by atoms with Gasteiger partial charge in [0, 0.05) is 13.5 Å². The highest BCUT2D eigenvalue weighted by atomic mass is 16.4. The van der Waals surface area contributed by atoms with Gasteiger partial charge in [-0.3, -0.25) is 0 Å². The summed E-state index contributed by atoms with van der Waals surface area (Å²) in [6.45, 7) is 9.12. The third-order valence-corrected chi connectivity index (χ3v) is 3.95. The first kappa shape index (κ1) is 14.8. The van der Waals surface area contributed by atoms with Crippen LogP contribution in [-0.2, 0) is 13.5 Å². The van der Waals surface area contributed by atoms with Crippen molar-refractivity contribution in [3.63, 3.8) is 0 Å². The number of carbonyl (C=O) groups is 1. The van der Waals surface area contributed by atoms with Gasteiger partial charge in [0.2, 0.25) is 0 Å². The maximum atomic E-state index is 11.1. The lowest BCUT2D eigenvalue weighted by Crippen LogP contribution is -2.01. The predicted octanol–water partition coefficient (Wildman–Crippen LogP) is 3.72. The summed E-state index contributed by atoms with van der Waals surface area (Å²) in [7, 11) is 1.91. The Kier molecular flexibility index (Phi) is 3.59. The minimum absolute atomic E-state index is 0.271. The molecule has 0 aliphatic heterocycles. The average Bonchev–Trinajstić information content (AvgIpc) is 2.82. The van der Waals surface area contributed by atoms with Crippen LogP contribution in [0, 0.1) is 13.5 Å². The Hall–Kier alpha value is -3.13. The van der Waals surface area contributed by atoms with Gasteiger partial charge < -0.3 is 9.67 Å². The molecule has 0 aliphatic rings. The highest BCUT2D eigenvalue weighted by molar-refractivity contribution is 5.87. The van der Waals surface area contributed by atoms with E-state index in [2.05, 4.69) is 9.83 Å². The first-order valence-corrected chi connectivity index (χ1v) is 7.15. The third-order valence-electron chi connectivity index (χ3n) is 3.95. The molecule has 0 aliphatic carbocycles. The van der Waals surface area contributed by atoms with Crippen LogP contribution >= 0.6 is 0 Å². The zero-order valence-corrected chi connectivity index (χ0v) is 12.9. The molecule has 0 radical (unpaired) electrons. The van der Waals surface area contributed by atoms with Crippen LogP contribution in [0.15, 0.2) is 36.4 Å². The molecular formula is C18H15N3O2. The third kappa shape index (κ3) is 2.67. The number of aromatic carboxylic acids is 1. The smallest absolute Gasteiger partial charge is 0.335 e. The van der Waals surface area contributed by atoms with Crippen molar-refractivity contribution in [2.75, 3.05) is 0 Å². The second-order valence-electron chi connectivity index (χ2n) is 5.51. The van der Waals surface area contributed by atoms with Crippen LogP contribution in [-0.4, -0.2) is 20.6 Å². The molecule has 0 unspecified atom stereocenters. The minimum atomic E-state index is -0.936. The number of carboxylic acid groups (broad SMARTS) is 1. The number of nitrogens with zero attached hydrogens (tertiary/aromatic N) is 3. The number of rotatable bonds is 3. The van der Waals surface area contributed by atoms with E-state index >= 15 is 0 Å². The van der Waals surface area contributed by atoms with Crippen LogP contribution in [0.25, 0.3) is 15.9 Å². The number of imidazole rings is 1. The summed E-state index contributed by atoms with van der Waals surface area (Å²) in [5, 5.41) is 9.08. The van der Waals surface area contributed by atoms with Gasteiger partial charge >= 0.3 is 5.97 Å². The number of hydrogen-bond donors (Lipinski definition) is 1. The molecule has 0 bridgehead atoms. The number of aryl methyl sites for hydroxylation is 2. The fourth-order valence-corrected chi connectivity index (χ4v) is 2.66. The van der Waals surface area contributed by atoms with Crippen molar-refractivity contribution in [2.45, 2.75) is 13.3 Å². The van der Waals surface area contributed by atoms with E-state index in [4.69, 9.17) is 11.7 Å². The second kappa shape index (κ2) is 5.58. The lowest BCUT2D eigenvalue weighted by molar-refractivity contribution is 0.0696. The molecule has 0 saturated heterocycles. The van der Waals surface area contributed by atoms with Crippen LogP contribution in [0.1, 0.15) is 27.3 Å². The first-order valence-electron chi connectivity index (χ1n) is 7.15. The Bertz CT molecular complexity index is 964. The van der Waals surface area contributed by atoms with Crippen molar-refractivity contribution in [2.24, 2.45) is 7.05 Å². The molecule has 1 N–H and O–H groups in total. The van der Waals surface area contributed by atoms with E-state index < -0.39 is 5.97 Å². The van der Waals surface area contributed by atoms with E-state index in [1.165, 1.54) is 0 Å². The number of fused-ring (bicyclic) bond motifs is 1.